The summed E-state index contributed by atoms with van der Waals surface area (Å²) in [6.45, 7) is 10.8. The van der Waals surface area contributed by atoms with Gasteiger partial charge in [0.25, 0.3) is 0 Å². The van der Waals surface area contributed by atoms with Gasteiger partial charge in [0, 0.05) is 45.7 Å². The third-order valence-electron chi connectivity index (χ3n) is 8.15. The van der Waals surface area contributed by atoms with Gasteiger partial charge in [0.1, 0.15) is 17.3 Å². The highest BCUT2D eigenvalue weighted by Gasteiger charge is 2.66. The second-order valence-electron chi connectivity index (χ2n) is 12.2. The van der Waals surface area contributed by atoms with Crippen LogP contribution in [0.5, 0.6) is 0 Å². The lowest BCUT2D eigenvalue weighted by Gasteiger charge is -2.49. The minimum Gasteiger partial charge on any atom is -0.457 e. The van der Waals surface area contributed by atoms with Crippen molar-refractivity contribution in [2.24, 2.45) is 23.2 Å². The van der Waals surface area contributed by atoms with E-state index in [2.05, 4.69) is 56.2 Å². The Balaban J connectivity index is 1.91. The van der Waals surface area contributed by atoms with Crippen molar-refractivity contribution in [3.05, 3.63) is 71.8 Å². The lowest BCUT2D eigenvalue weighted by atomic mass is 9.54. The third kappa shape index (κ3) is 5.74. The molecule has 1 amide bonds. The number of Topliss-reactive ketones (excluding diaryl/α,β-unsaturated/α-hetero) is 1. The van der Waals surface area contributed by atoms with Crippen molar-refractivity contribution in [1.29, 1.82) is 0 Å². The number of amides is 1. The largest absolute Gasteiger partial charge is 0.457 e. The summed E-state index contributed by atoms with van der Waals surface area (Å²) in [7, 11) is -1.44. The molecule has 2 aliphatic carbocycles. The second kappa shape index (κ2) is 10.9. The Kier molecular flexibility index (Phi) is 8.07. The van der Waals surface area contributed by atoms with Gasteiger partial charge in [0.2, 0.25) is 5.91 Å². The first-order valence-electron chi connectivity index (χ1n) is 13.6. The van der Waals surface area contributed by atoms with Crippen molar-refractivity contribution in [3.63, 3.8) is 0 Å². The fourth-order valence-corrected chi connectivity index (χ4v) is 8.41. The van der Waals surface area contributed by atoms with E-state index in [1.165, 1.54) is 18.1 Å². The second-order valence-corrected chi connectivity index (χ2v) is 17.7. The van der Waals surface area contributed by atoms with Gasteiger partial charge in [0.15, 0.2) is 0 Å². The highest BCUT2D eigenvalue weighted by molar-refractivity contribution is 6.76. The number of hydrogen-bond acceptors (Lipinski definition) is 4. The van der Waals surface area contributed by atoms with E-state index >= 15 is 0 Å². The summed E-state index contributed by atoms with van der Waals surface area (Å²) < 4.78 is 5.97. The van der Waals surface area contributed by atoms with Crippen molar-refractivity contribution >= 4 is 25.7 Å². The van der Waals surface area contributed by atoms with E-state index in [1.807, 2.05) is 30.4 Å². The van der Waals surface area contributed by atoms with Crippen LogP contribution >= 0.6 is 0 Å². The van der Waals surface area contributed by atoms with E-state index in [1.54, 1.807) is 6.08 Å². The van der Waals surface area contributed by atoms with Gasteiger partial charge in [-0.15, -0.1) is 0 Å². The van der Waals surface area contributed by atoms with E-state index in [9.17, 15) is 14.4 Å². The van der Waals surface area contributed by atoms with Crippen LogP contribution in [-0.2, 0) is 25.5 Å². The smallest absolute Gasteiger partial charge is 0.303 e. The highest BCUT2D eigenvalue weighted by Crippen LogP contribution is 2.57. The molecule has 1 heterocycles. The van der Waals surface area contributed by atoms with Crippen molar-refractivity contribution in [2.75, 3.05) is 0 Å². The van der Waals surface area contributed by atoms with Crippen molar-refractivity contribution in [3.8, 4) is 0 Å². The number of carbonyl (C=O) groups excluding carboxylic acids is 3. The Hall–Kier alpha value is -2.73. The molecule has 1 N–H and O–H groups in total. The minimum atomic E-state index is -1.44. The molecule has 1 aliphatic heterocycles. The number of rotatable bonds is 5. The summed E-state index contributed by atoms with van der Waals surface area (Å²) in [5.74, 6) is -0.509. The molecular formula is C31H41NO4Si. The Morgan fingerprint density at radius 1 is 1.11 bits per heavy atom. The van der Waals surface area contributed by atoms with Gasteiger partial charge >= 0.3 is 5.97 Å². The predicted octanol–water partition coefficient (Wildman–Crippen LogP) is 5.66. The van der Waals surface area contributed by atoms with E-state index in [0.29, 0.717) is 12.8 Å². The fraction of sp³-hybridized carbons (Fsp3) is 0.516. The topological polar surface area (TPSA) is 72.5 Å². The molecule has 0 bridgehead atoms. The molecule has 0 saturated carbocycles. The molecule has 37 heavy (non-hydrogen) atoms. The van der Waals surface area contributed by atoms with E-state index in [0.717, 1.165) is 12.5 Å². The number of benzene rings is 1. The summed E-state index contributed by atoms with van der Waals surface area (Å²) in [6.07, 6.45) is 11.4. The predicted molar refractivity (Wildman–Crippen MR) is 150 cm³/mol. The zero-order valence-electron chi connectivity index (χ0n) is 22.8. The van der Waals surface area contributed by atoms with Crippen LogP contribution in [0.15, 0.2) is 66.3 Å². The van der Waals surface area contributed by atoms with Gasteiger partial charge in [-0.3, -0.25) is 14.4 Å². The maximum atomic E-state index is 14.3. The summed E-state index contributed by atoms with van der Waals surface area (Å²) in [6, 6.07) is 11.2. The molecule has 1 aromatic rings. The van der Waals surface area contributed by atoms with E-state index in [4.69, 9.17) is 4.74 Å². The number of hydrogen-bond donors (Lipinski definition) is 1. The molecule has 3 unspecified atom stereocenters. The molecule has 4 rings (SSSR count). The van der Waals surface area contributed by atoms with Crippen LogP contribution in [-0.4, -0.2) is 37.9 Å². The van der Waals surface area contributed by atoms with Gasteiger partial charge in [0.05, 0.1) is 0 Å². The molecule has 0 aromatic heterocycles. The Morgan fingerprint density at radius 3 is 2.51 bits per heavy atom. The minimum absolute atomic E-state index is 0.0651. The molecule has 0 radical (unpaired) electrons. The van der Waals surface area contributed by atoms with Gasteiger partial charge < -0.3 is 10.1 Å². The van der Waals surface area contributed by atoms with Crippen LogP contribution in [0.25, 0.3) is 0 Å². The third-order valence-corrected chi connectivity index (χ3v) is 9.62. The quantitative estimate of drug-likeness (QED) is 0.310. The van der Waals surface area contributed by atoms with E-state index < -0.39 is 25.6 Å². The number of ether oxygens (including phenoxy) is 1. The molecule has 6 atom stereocenters. The van der Waals surface area contributed by atoms with Crippen LogP contribution in [0.3, 0.4) is 0 Å². The number of nitrogens with one attached hydrogen (secondary N) is 1. The van der Waals surface area contributed by atoms with Gasteiger partial charge in [-0.25, -0.2) is 0 Å². The average Bonchev–Trinajstić information content (AvgIpc) is 3.09. The van der Waals surface area contributed by atoms with Gasteiger partial charge in [-0.2, -0.15) is 0 Å². The molecule has 1 fully saturated rings. The molecule has 1 spiro atoms. The first kappa shape index (κ1) is 27.3. The molecule has 198 valence electrons. The zero-order chi connectivity index (χ0) is 26.8. The number of esters is 1. The van der Waals surface area contributed by atoms with Crippen LogP contribution in [0.4, 0.5) is 0 Å². The summed E-state index contributed by atoms with van der Waals surface area (Å²) >= 11 is 0. The van der Waals surface area contributed by atoms with Crippen molar-refractivity contribution in [1.82, 2.24) is 5.32 Å². The monoisotopic (exact) mass is 519 g/mol. The molecule has 1 aromatic carbocycles. The number of carbonyl (C=O) groups is 3. The molecule has 1 saturated heterocycles. The van der Waals surface area contributed by atoms with Crippen molar-refractivity contribution in [2.45, 2.75) is 77.4 Å². The van der Waals surface area contributed by atoms with Gasteiger partial charge in [-0.1, -0.05) is 86.8 Å². The van der Waals surface area contributed by atoms with Crippen molar-refractivity contribution < 1.29 is 19.1 Å². The molecule has 5 nitrogen and oxygen atoms in total. The maximum absolute atomic E-state index is 14.3. The summed E-state index contributed by atoms with van der Waals surface area (Å²) in [5, 5.41) is 3.37. The Bertz CT molecular complexity index is 1120. The average molecular weight is 520 g/mol. The highest BCUT2D eigenvalue weighted by atomic mass is 28.3. The fourth-order valence-electron chi connectivity index (χ4n) is 6.74. The summed E-state index contributed by atoms with van der Waals surface area (Å²) in [4.78, 5) is 39.0. The first-order valence-corrected chi connectivity index (χ1v) is 17.3. The maximum Gasteiger partial charge on any atom is 0.303 e. The van der Waals surface area contributed by atoms with Crippen LogP contribution in [0, 0.1) is 23.2 Å². The molecule has 6 heteroatoms. The van der Waals surface area contributed by atoms with Gasteiger partial charge in [-0.05, 0) is 36.4 Å². The molecule has 3 aliphatic rings. The standard InChI is InChI=1S/C31H41NO4Si/c1-21-24(20-37(3,4)5)19-25-14-9-10-15-26(34)16-11-17-28(36-22(2)33)31(25)29(21)27(32-30(31)35)18-23-12-7-6-8-13-23/h6-9,11-14,17,19,21,25,27-29H,10,15-16,18,20H2,1-5H3,(H,32,35)/b14-9+,17-11+/t21-,25+,27?,28-,29?,31?/m1/s1. The number of allylic oxidation sites excluding steroid dienone is 5. The van der Waals surface area contributed by atoms with Crippen LogP contribution in [0.1, 0.15) is 38.7 Å². The van der Waals surface area contributed by atoms with Crippen LogP contribution in [0.2, 0.25) is 25.7 Å². The Morgan fingerprint density at radius 2 is 1.84 bits per heavy atom. The van der Waals surface area contributed by atoms with E-state index in [-0.39, 0.29) is 41.9 Å². The number of ketones is 1. The SMILES string of the molecule is CC(=O)O[C@@H]1/C=C/CC(=O)CC/C=C/[C@H]2C=C(C[Si](C)(C)C)[C@@H](C)C3C(Cc4ccccc4)NC(=O)C321. The normalized spacial score (nSPS) is 33.8. The lowest BCUT2D eigenvalue weighted by molar-refractivity contribution is -0.159. The van der Waals surface area contributed by atoms with Crippen LogP contribution < -0.4 is 5.32 Å². The Labute approximate surface area is 222 Å². The first-order chi connectivity index (χ1) is 17.5. The zero-order valence-corrected chi connectivity index (χ0v) is 23.8. The lowest BCUT2D eigenvalue weighted by Crippen LogP contribution is -2.55. The molecular weight excluding hydrogens is 478 g/mol. The summed E-state index contributed by atoms with van der Waals surface area (Å²) in [5.41, 5.74) is 1.60.